The molecule has 1 aromatic heterocycles. The Bertz CT molecular complexity index is 953. The van der Waals surface area contributed by atoms with Gasteiger partial charge < -0.3 is 5.32 Å². The van der Waals surface area contributed by atoms with Crippen LogP contribution in [0.5, 0.6) is 0 Å². The summed E-state index contributed by atoms with van der Waals surface area (Å²) in [6, 6.07) is 19.7. The third kappa shape index (κ3) is 2.64. The number of hydrogen-bond acceptors (Lipinski definition) is 3. The van der Waals surface area contributed by atoms with Gasteiger partial charge in [0.15, 0.2) is 0 Å². The Morgan fingerprint density at radius 3 is 2.62 bits per heavy atom. The lowest BCUT2D eigenvalue weighted by Gasteiger charge is -2.28. The van der Waals surface area contributed by atoms with E-state index in [-0.39, 0.29) is 12.1 Å². The fourth-order valence-electron chi connectivity index (χ4n) is 3.56. The zero-order chi connectivity index (χ0) is 18.1. The van der Waals surface area contributed by atoms with Gasteiger partial charge in [0, 0.05) is 23.0 Å². The highest BCUT2D eigenvalue weighted by molar-refractivity contribution is 6.11. The average Bonchev–Trinajstić information content (AvgIpc) is 2.96. The number of fused-ring (bicyclic) bond motifs is 1. The van der Waals surface area contributed by atoms with Crippen LogP contribution >= 0.6 is 0 Å². The highest BCUT2D eigenvalue weighted by atomic mass is 16.2. The number of carbonyl (C=O) groups excluding carboxylic acids is 1. The van der Waals surface area contributed by atoms with E-state index in [0.717, 1.165) is 23.2 Å². The van der Waals surface area contributed by atoms with Gasteiger partial charge in [-0.2, -0.15) is 0 Å². The highest BCUT2D eigenvalue weighted by Gasteiger charge is 2.38. The third-order valence-electron chi connectivity index (χ3n) is 4.88. The number of nitrogens with zero attached hydrogens (tertiary/aromatic N) is 2. The van der Waals surface area contributed by atoms with Crippen LogP contribution in [-0.4, -0.2) is 10.9 Å². The lowest BCUT2D eigenvalue weighted by atomic mass is 10.0. The molecule has 26 heavy (non-hydrogen) atoms. The van der Waals surface area contributed by atoms with Gasteiger partial charge in [-0.25, -0.2) is 4.98 Å². The molecule has 1 amide bonds. The van der Waals surface area contributed by atoms with Crippen molar-refractivity contribution in [2.75, 3.05) is 10.2 Å². The van der Waals surface area contributed by atoms with Gasteiger partial charge in [-0.3, -0.25) is 9.69 Å². The quantitative estimate of drug-likeness (QED) is 0.745. The van der Waals surface area contributed by atoms with Crippen molar-refractivity contribution in [1.82, 2.24) is 4.98 Å². The second kappa shape index (κ2) is 6.64. The van der Waals surface area contributed by atoms with Crippen LogP contribution in [0.25, 0.3) is 0 Å². The van der Waals surface area contributed by atoms with Crippen LogP contribution in [-0.2, 0) is 6.42 Å². The topological polar surface area (TPSA) is 45.2 Å². The molecule has 0 spiro atoms. The van der Waals surface area contributed by atoms with Crippen molar-refractivity contribution < 1.29 is 4.79 Å². The molecule has 1 aliphatic heterocycles. The van der Waals surface area contributed by atoms with Gasteiger partial charge in [-0.15, -0.1) is 0 Å². The molecule has 4 heteroatoms. The summed E-state index contributed by atoms with van der Waals surface area (Å²) >= 11 is 0. The van der Waals surface area contributed by atoms with E-state index < -0.39 is 0 Å². The second-order valence-electron chi connectivity index (χ2n) is 6.46. The van der Waals surface area contributed by atoms with Crippen molar-refractivity contribution in [1.29, 1.82) is 0 Å². The van der Waals surface area contributed by atoms with Crippen molar-refractivity contribution in [3.8, 4) is 0 Å². The molecule has 1 aliphatic rings. The number of anilines is 2. The normalized spacial score (nSPS) is 15.8. The Morgan fingerprint density at radius 1 is 1.04 bits per heavy atom. The fourth-order valence-corrected chi connectivity index (χ4v) is 3.56. The predicted molar refractivity (Wildman–Crippen MR) is 104 cm³/mol. The molecule has 3 aromatic rings. The van der Waals surface area contributed by atoms with Crippen molar-refractivity contribution in [2.24, 2.45) is 0 Å². The Balaban J connectivity index is 1.83. The van der Waals surface area contributed by atoms with Crippen molar-refractivity contribution in [3.05, 3.63) is 89.1 Å². The van der Waals surface area contributed by atoms with E-state index in [0.29, 0.717) is 5.82 Å². The van der Waals surface area contributed by atoms with E-state index in [1.807, 2.05) is 42.5 Å². The predicted octanol–water partition coefficient (Wildman–Crippen LogP) is 4.72. The molecular formula is C22H21N3O. The summed E-state index contributed by atoms with van der Waals surface area (Å²) in [6.45, 7) is 4.24. The molecule has 0 bridgehead atoms. The van der Waals surface area contributed by atoms with Crippen LogP contribution in [0.3, 0.4) is 0 Å². The number of para-hydroxylation sites is 1. The van der Waals surface area contributed by atoms with Crippen molar-refractivity contribution >= 4 is 17.4 Å². The summed E-state index contributed by atoms with van der Waals surface area (Å²) in [5, 5.41) is 3.63. The van der Waals surface area contributed by atoms with Crippen LogP contribution in [0.2, 0.25) is 0 Å². The summed E-state index contributed by atoms with van der Waals surface area (Å²) in [7, 11) is 0. The summed E-state index contributed by atoms with van der Waals surface area (Å²) in [4.78, 5) is 19.2. The number of hydrogen-bond donors (Lipinski definition) is 1. The summed E-state index contributed by atoms with van der Waals surface area (Å²) in [6.07, 6.45) is 2.36. The number of pyridine rings is 1. The number of aromatic nitrogens is 1. The van der Waals surface area contributed by atoms with Gasteiger partial charge in [-0.1, -0.05) is 49.4 Å². The first kappa shape index (κ1) is 16.3. The second-order valence-corrected chi connectivity index (χ2v) is 6.46. The van der Waals surface area contributed by atoms with Gasteiger partial charge in [0.25, 0.3) is 5.91 Å². The minimum Gasteiger partial charge on any atom is -0.361 e. The smallest absolute Gasteiger partial charge is 0.261 e. The third-order valence-corrected chi connectivity index (χ3v) is 4.88. The SMILES string of the molecule is CCc1cccc(C)c1NC1c2ccccc2C(=O)N1c1ccccn1. The van der Waals surface area contributed by atoms with Gasteiger partial charge in [0.2, 0.25) is 0 Å². The number of nitrogens with one attached hydrogen (secondary N) is 1. The van der Waals surface area contributed by atoms with E-state index in [9.17, 15) is 4.79 Å². The maximum absolute atomic E-state index is 13.1. The maximum atomic E-state index is 13.1. The van der Waals surface area contributed by atoms with Gasteiger partial charge >= 0.3 is 0 Å². The highest BCUT2D eigenvalue weighted by Crippen LogP contribution is 2.38. The van der Waals surface area contributed by atoms with Gasteiger partial charge in [0.05, 0.1) is 0 Å². The Kier molecular flexibility index (Phi) is 4.17. The first-order chi connectivity index (χ1) is 12.7. The van der Waals surface area contributed by atoms with Crippen molar-refractivity contribution in [3.63, 3.8) is 0 Å². The molecule has 4 nitrogen and oxygen atoms in total. The van der Waals surface area contributed by atoms with Gasteiger partial charge in [-0.05, 0) is 42.7 Å². The van der Waals surface area contributed by atoms with Gasteiger partial charge in [0.1, 0.15) is 12.0 Å². The summed E-state index contributed by atoms with van der Waals surface area (Å²) < 4.78 is 0. The van der Waals surface area contributed by atoms with E-state index in [1.165, 1.54) is 11.1 Å². The molecule has 0 aliphatic carbocycles. The van der Waals surface area contributed by atoms with Crippen LogP contribution in [0.15, 0.2) is 66.9 Å². The molecule has 1 unspecified atom stereocenters. The zero-order valence-corrected chi connectivity index (χ0v) is 14.9. The molecule has 0 saturated heterocycles. The zero-order valence-electron chi connectivity index (χ0n) is 14.9. The molecule has 1 atom stereocenters. The molecule has 130 valence electrons. The van der Waals surface area contributed by atoms with E-state index in [4.69, 9.17) is 0 Å². The minimum absolute atomic E-state index is 0.0246. The first-order valence-corrected chi connectivity index (χ1v) is 8.89. The average molecular weight is 343 g/mol. The number of aryl methyl sites for hydroxylation is 2. The Hall–Kier alpha value is -3.14. The molecular weight excluding hydrogens is 322 g/mol. The fraction of sp³-hybridized carbons (Fsp3) is 0.182. The lowest BCUT2D eigenvalue weighted by Crippen LogP contribution is -2.33. The van der Waals surface area contributed by atoms with E-state index in [2.05, 4.69) is 42.3 Å². The lowest BCUT2D eigenvalue weighted by molar-refractivity contribution is 0.0992. The number of rotatable bonds is 4. The molecule has 0 saturated carbocycles. The molecule has 2 aromatic carbocycles. The molecule has 0 radical (unpaired) electrons. The van der Waals surface area contributed by atoms with E-state index >= 15 is 0 Å². The number of carbonyl (C=O) groups is 1. The summed E-state index contributed by atoms with van der Waals surface area (Å²) in [5.41, 5.74) is 5.20. The summed E-state index contributed by atoms with van der Waals surface area (Å²) in [5.74, 6) is 0.626. The van der Waals surface area contributed by atoms with Crippen molar-refractivity contribution in [2.45, 2.75) is 26.4 Å². The molecule has 4 rings (SSSR count). The minimum atomic E-state index is -0.278. The molecule has 0 fully saturated rings. The standard InChI is InChI=1S/C22H21N3O/c1-3-16-10-8-9-15(2)20(16)24-21-17-11-4-5-12-18(17)22(26)25(21)19-13-6-7-14-23-19/h4-14,21,24H,3H2,1-2H3. The molecule has 2 heterocycles. The van der Waals surface area contributed by atoms with Crippen LogP contribution < -0.4 is 10.2 Å². The molecule has 1 N–H and O–H groups in total. The first-order valence-electron chi connectivity index (χ1n) is 8.89. The Labute approximate surface area is 153 Å². The Morgan fingerprint density at radius 2 is 1.85 bits per heavy atom. The van der Waals surface area contributed by atoms with Crippen LogP contribution in [0, 0.1) is 6.92 Å². The van der Waals surface area contributed by atoms with E-state index in [1.54, 1.807) is 11.1 Å². The number of benzene rings is 2. The van der Waals surface area contributed by atoms with Crippen LogP contribution in [0.4, 0.5) is 11.5 Å². The number of amides is 1. The largest absolute Gasteiger partial charge is 0.361 e. The monoisotopic (exact) mass is 343 g/mol. The van der Waals surface area contributed by atoms with Crippen LogP contribution in [0.1, 0.15) is 40.1 Å². The maximum Gasteiger partial charge on any atom is 0.261 e.